The Bertz CT molecular complexity index is 793. The molecule has 0 aliphatic heterocycles. The van der Waals surface area contributed by atoms with Gasteiger partial charge in [0.15, 0.2) is 12.1 Å². The first-order valence-electron chi connectivity index (χ1n) is 9.98. The lowest BCUT2D eigenvalue weighted by Gasteiger charge is -2.17. The smallest absolute Gasteiger partial charge is 0.199 e. The molecule has 7 nitrogen and oxygen atoms in total. The Morgan fingerprint density at radius 2 is 1.97 bits per heavy atom. The number of carbonyl (C=O) groups excluding carboxylic acids is 1. The van der Waals surface area contributed by atoms with Crippen LogP contribution in [-0.2, 0) is 4.74 Å². The van der Waals surface area contributed by atoms with Crippen molar-refractivity contribution in [2.75, 3.05) is 20.3 Å². The van der Waals surface area contributed by atoms with E-state index in [1.54, 1.807) is 56.6 Å². The molecule has 30 heavy (non-hydrogen) atoms. The van der Waals surface area contributed by atoms with Gasteiger partial charge in [0.05, 0.1) is 0 Å². The number of rotatable bonds is 13. The third-order valence-electron chi connectivity index (χ3n) is 4.23. The van der Waals surface area contributed by atoms with E-state index in [4.69, 9.17) is 14.2 Å². The van der Waals surface area contributed by atoms with Crippen LogP contribution in [0.2, 0.25) is 0 Å². The predicted octanol–water partition coefficient (Wildman–Crippen LogP) is 3.35. The molecule has 0 bridgehead atoms. The molecule has 0 amide bonds. The van der Waals surface area contributed by atoms with Crippen LogP contribution in [0.4, 0.5) is 0 Å². The molecule has 1 aromatic heterocycles. The molecular formula is C23H30N2O5. The van der Waals surface area contributed by atoms with Gasteiger partial charge < -0.3 is 24.6 Å². The maximum absolute atomic E-state index is 12.1. The third kappa shape index (κ3) is 8.23. The van der Waals surface area contributed by atoms with Gasteiger partial charge >= 0.3 is 0 Å². The Morgan fingerprint density at radius 3 is 2.60 bits per heavy atom. The Morgan fingerprint density at radius 1 is 1.23 bits per heavy atom. The van der Waals surface area contributed by atoms with Crippen LogP contribution in [0, 0.1) is 0 Å². The average Bonchev–Trinajstić information content (AvgIpc) is 2.77. The molecule has 2 aromatic rings. The van der Waals surface area contributed by atoms with Crippen LogP contribution in [0.1, 0.15) is 37.0 Å². The molecule has 0 fully saturated rings. The Labute approximate surface area is 177 Å². The van der Waals surface area contributed by atoms with Gasteiger partial charge in [-0.05, 0) is 43.3 Å². The summed E-state index contributed by atoms with van der Waals surface area (Å²) in [5, 5.41) is 13.1. The molecule has 162 valence electrons. The van der Waals surface area contributed by atoms with Crippen LogP contribution in [0.5, 0.6) is 11.5 Å². The van der Waals surface area contributed by atoms with Crippen LogP contribution in [-0.4, -0.2) is 48.5 Å². The molecule has 1 aromatic carbocycles. The summed E-state index contributed by atoms with van der Waals surface area (Å²) in [5.74, 6) is 1.18. The number of benzene rings is 1. The number of aromatic nitrogens is 1. The van der Waals surface area contributed by atoms with Crippen molar-refractivity contribution in [3.63, 3.8) is 0 Å². The number of aliphatic hydroxyl groups is 1. The van der Waals surface area contributed by atoms with Crippen LogP contribution >= 0.6 is 0 Å². The summed E-state index contributed by atoms with van der Waals surface area (Å²) in [4.78, 5) is 16.0. The number of nitrogens with zero attached hydrogens (tertiary/aromatic N) is 1. The highest BCUT2D eigenvalue weighted by molar-refractivity contribution is 6.04. The summed E-state index contributed by atoms with van der Waals surface area (Å²) in [6, 6.07) is 10.6. The molecule has 0 aliphatic rings. The SMILES string of the molecule is CCCC(OC)Oc1ccc(OCC(O)CNC(C)=CC(=O)c2cccnc2)cc1. The fourth-order valence-corrected chi connectivity index (χ4v) is 2.60. The highest BCUT2D eigenvalue weighted by atomic mass is 16.7. The average molecular weight is 415 g/mol. The summed E-state index contributed by atoms with van der Waals surface area (Å²) in [6.07, 6.45) is 5.40. The quantitative estimate of drug-likeness (QED) is 0.295. The van der Waals surface area contributed by atoms with E-state index in [-0.39, 0.29) is 25.2 Å². The van der Waals surface area contributed by atoms with E-state index in [2.05, 4.69) is 17.2 Å². The van der Waals surface area contributed by atoms with Crippen molar-refractivity contribution in [2.45, 2.75) is 39.1 Å². The van der Waals surface area contributed by atoms with Gasteiger partial charge in [0, 0.05) is 49.8 Å². The van der Waals surface area contributed by atoms with E-state index < -0.39 is 6.10 Å². The number of carbonyl (C=O) groups is 1. The first-order chi connectivity index (χ1) is 14.5. The number of nitrogens with one attached hydrogen (secondary N) is 1. The van der Waals surface area contributed by atoms with Gasteiger partial charge in [0.2, 0.25) is 0 Å². The lowest BCUT2D eigenvalue weighted by molar-refractivity contribution is -0.0584. The van der Waals surface area contributed by atoms with Crippen LogP contribution in [0.25, 0.3) is 0 Å². The van der Waals surface area contributed by atoms with Gasteiger partial charge in [-0.15, -0.1) is 0 Å². The van der Waals surface area contributed by atoms with Crippen molar-refractivity contribution in [3.05, 3.63) is 66.1 Å². The minimum absolute atomic E-state index is 0.119. The highest BCUT2D eigenvalue weighted by Gasteiger charge is 2.09. The summed E-state index contributed by atoms with van der Waals surface area (Å²) >= 11 is 0. The maximum Gasteiger partial charge on any atom is 0.199 e. The third-order valence-corrected chi connectivity index (χ3v) is 4.23. The molecule has 2 unspecified atom stereocenters. The normalized spacial score (nSPS) is 13.4. The molecule has 0 aliphatic carbocycles. The lowest BCUT2D eigenvalue weighted by atomic mass is 10.1. The van der Waals surface area contributed by atoms with Crippen molar-refractivity contribution in [3.8, 4) is 11.5 Å². The van der Waals surface area contributed by atoms with Crippen molar-refractivity contribution in [1.29, 1.82) is 0 Å². The fraction of sp³-hybridized carbons (Fsp3) is 0.391. The number of pyridine rings is 1. The topological polar surface area (TPSA) is 89.9 Å². The van der Waals surface area contributed by atoms with Gasteiger partial charge in [-0.2, -0.15) is 0 Å². The minimum atomic E-state index is -0.736. The summed E-state index contributed by atoms with van der Waals surface area (Å²) in [5.41, 5.74) is 1.17. The number of ketones is 1. The van der Waals surface area contributed by atoms with E-state index in [9.17, 15) is 9.90 Å². The number of methoxy groups -OCH3 is 1. The number of aliphatic hydroxyl groups excluding tert-OH is 1. The van der Waals surface area contributed by atoms with Crippen molar-refractivity contribution in [1.82, 2.24) is 10.3 Å². The number of hydrogen-bond donors (Lipinski definition) is 2. The molecule has 1 heterocycles. The maximum atomic E-state index is 12.1. The molecule has 7 heteroatoms. The van der Waals surface area contributed by atoms with Gasteiger partial charge in [0.25, 0.3) is 0 Å². The van der Waals surface area contributed by atoms with Crippen molar-refractivity contribution < 1.29 is 24.1 Å². The predicted molar refractivity (Wildman–Crippen MR) is 115 cm³/mol. The highest BCUT2D eigenvalue weighted by Crippen LogP contribution is 2.20. The minimum Gasteiger partial charge on any atom is -0.491 e. The number of allylic oxidation sites excluding steroid dienone is 2. The van der Waals surface area contributed by atoms with E-state index in [0.717, 1.165) is 12.8 Å². The number of hydrogen-bond acceptors (Lipinski definition) is 7. The van der Waals surface area contributed by atoms with Crippen LogP contribution < -0.4 is 14.8 Å². The zero-order chi connectivity index (χ0) is 21.8. The molecule has 2 rings (SSSR count). The Hall–Kier alpha value is -2.90. The summed E-state index contributed by atoms with van der Waals surface area (Å²) in [7, 11) is 1.62. The van der Waals surface area contributed by atoms with Gasteiger partial charge in [-0.25, -0.2) is 0 Å². The second-order valence-corrected chi connectivity index (χ2v) is 6.82. The summed E-state index contributed by atoms with van der Waals surface area (Å²) < 4.78 is 16.6. The van der Waals surface area contributed by atoms with Gasteiger partial charge in [-0.1, -0.05) is 13.3 Å². The molecule has 2 atom stereocenters. The van der Waals surface area contributed by atoms with Crippen molar-refractivity contribution >= 4 is 5.78 Å². The van der Waals surface area contributed by atoms with E-state index in [1.807, 2.05) is 0 Å². The van der Waals surface area contributed by atoms with Crippen LogP contribution in [0.15, 0.2) is 60.6 Å². The Kier molecular flexibility index (Phi) is 9.83. The first-order valence-corrected chi connectivity index (χ1v) is 9.98. The second kappa shape index (κ2) is 12.6. The van der Waals surface area contributed by atoms with Crippen LogP contribution in [0.3, 0.4) is 0 Å². The van der Waals surface area contributed by atoms with Gasteiger partial charge in [-0.3, -0.25) is 9.78 Å². The second-order valence-electron chi connectivity index (χ2n) is 6.82. The zero-order valence-electron chi connectivity index (χ0n) is 17.7. The van der Waals surface area contributed by atoms with E-state index >= 15 is 0 Å². The largest absolute Gasteiger partial charge is 0.491 e. The zero-order valence-corrected chi connectivity index (χ0v) is 17.7. The standard InChI is InChI=1S/C23H30N2O5/c1-4-6-23(28-3)30-21-10-8-20(9-11-21)29-16-19(26)15-25-17(2)13-22(27)18-7-5-12-24-14-18/h5,7-14,19,23,25-26H,4,6,15-16H2,1-3H3. The monoisotopic (exact) mass is 414 g/mol. The Balaban J connectivity index is 1.74. The van der Waals surface area contributed by atoms with Crippen molar-refractivity contribution in [2.24, 2.45) is 0 Å². The molecule has 0 spiro atoms. The summed E-state index contributed by atoms with van der Waals surface area (Å²) in [6.45, 7) is 4.22. The molecule has 2 N–H and O–H groups in total. The molecule has 0 saturated heterocycles. The fourth-order valence-electron chi connectivity index (χ4n) is 2.60. The van der Waals surface area contributed by atoms with E-state index in [1.165, 1.54) is 12.3 Å². The van der Waals surface area contributed by atoms with Gasteiger partial charge in [0.1, 0.15) is 24.2 Å². The number of ether oxygens (including phenoxy) is 3. The first kappa shape index (κ1) is 23.4. The molecule has 0 saturated carbocycles. The molecule has 0 radical (unpaired) electrons. The molecular weight excluding hydrogens is 384 g/mol. The van der Waals surface area contributed by atoms with E-state index in [0.29, 0.717) is 22.8 Å². The lowest BCUT2D eigenvalue weighted by Crippen LogP contribution is -2.30.